The summed E-state index contributed by atoms with van der Waals surface area (Å²) in [4.78, 5) is 11.3. The molecule has 94 valence electrons. The van der Waals surface area contributed by atoms with Crippen molar-refractivity contribution in [1.82, 2.24) is 0 Å². The van der Waals surface area contributed by atoms with Crippen molar-refractivity contribution >= 4 is 21.9 Å². The minimum atomic E-state index is -3.61. The molecule has 0 aliphatic rings. The highest BCUT2D eigenvalue weighted by Gasteiger charge is 2.44. The van der Waals surface area contributed by atoms with Crippen LogP contribution < -0.4 is 0 Å². The number of aryl methyl sites for hydroxylation is 2. The number of alkyl halides is 2. The second-order valence-electron chi connectivity index (χ2n) is 3.71. The number of ether oxygens (including phenoxy) is 1. The first-order chi connectivity index (χ1) is 7.80. The second kappa shape index (κ2) is 5.12. The quantitative estimate of drug-likeness (QED) is 0.796. The Kier molecular flexibility index (Phi) is 4.25. The van der Waals surface area contributed by atoms with E-state index in [1.54, 1.807) is 26.0 Å². The minimum Gasteiger partial charge on any atom is -0.461 e. The molecule has 0 aromatic heterocycles. The molecule has 0 radical (unpaired) electrons. The van der Waals surface area contributed by atoms with Crippen LogP contribution in [0.1, 0.15) is 23.6 Å². The van der Waals surface area contributed by atoms with E-state index >= 15 is 0 Å². The van der Waals surface area contributed by atoms with E-state index in [0.717, 1.165) is 0 Å². The lowest BCUT2D eigenvalue weighted by Gasteiger charge is -2.19. The number of hydrogen-bond donors (Lipinski definition) is 0. The van der Waals surface area contributed by atoms with Gasteiger partial charge in [0.1, 0.15) is 0 Å². The molecule has 1 aromatic carbocycles. The van der Waals surface area contributed by atoms with Crippen LogP contribution in [0.4, 0.5) is 8.78 Å². The Bertz CT molecular complexity index is 421. The van der Waals surface area contributed by atoms with Crippen molar-refractivity contribution in [1.29, 1.82) is 0 Å². The number of esters is 1. The van der Waals surface area contributed by atoms with E-state index in [-0.39, 0.29) is 12.2 Å². The fourth-order valence-electron chi connectivity index (χ4n) is 1.73. The molecule has 0 saturated carbocycles. The first-order valence-corrected chi connectivity index (χ1v) is 5.92. The van der Waals surface area contributed by atoms with Crippen LogP contribution in [0, 0.1) is 13.8 Å². The molecule has 0 N–H and O–H groups in total. The van der Waals surface area contributed by atoms with Crippen molar-refractivity contribution in [3.8, 4) is 0 Å². The van der Waals surface area contributed by atoms with Crippen LogP contribution in [0.2, 0.25) is 0 Å². The van der Waals surface area contributed by atoms with Gasteiger partial charge in [-0.3, -0.25) is 0 Å². The number of hydrogen-bond acceptors (Lipinski definition) is 2. The molecule has 2 nitrogen and oxygen atoms in total. The van der Waals surface area contributed by atoms with Gasteiger partial charge in [0.05, 0.1) is 6.61 Å². The average molecular weight is 307 g/mol. The molecule has 0 aliphatic heterocycles. The number of halogens is 3. The highest BCUT2D eigenvalue weighted by molar-refractivity contribution is 9.10. The van der Waals surface area contributed by atoms with Crippen LogP contribution >= 0.6 is 15.9 Å². The molecule has 1 aromatic rings. The van der Waals surface area contributed by atoms with E-state index in [1.165, 1.54) is 6.92 Å². The summed E-state index contributed by atoms with van der Waals surface area (Å²) in [5.41, 5.74) is 0.434. The van der Waals surface area contributed by atoms with Gasteiger partial charge in [-0.1, -0.05) is 15.9 Å². The standard InChI is InChI=1S/C12H13BrF2O2/c1-4-17-11(16)12(14,15)10-7(2)5-9(13)6-8(10)3/h5-6H,4H2,1-3H3. The number of carbonyl (C=O) groups excluding carboxylic acids is 1. The fourth-order valence-corrected chi connectivity index (χ4v) is 2.42. The highest BCUT2D eigenvalue weighted by atomic mass is 79.9. The lowest BCUT2D eigenvalue weighted by molar-refractivity contribution is -0.173. The van der Waals surface area contributed by atoms with Crippen LogP contribution in [0.3, 0.4) is 0 Å². The molecule has 0 bridgehead atoms. The highest BCUT2D eigenvalue weighted by Crippen LogP contribution is 2.35. The molecule has 0 fully saturated rings. The average Bonchev–Trinajstić information content (AvgIpc) is 2.15. The zero-order valence-electron chi connectivity index (χ0n) is 9.81. The van der Waals surface area contributed by atoms with Crippen molar-refractivity contribution in [2.75, 3.05) is 6.61 Å². The van der Waals surface area contributed by atoms with Crippen LogP contribution in [0.15, 0.2) is 16.6 Å². The van der Waals surface area contributed by atoms with Gasteiger partial charge < -0.3 is 4.74 Å². The van der Waals surface area contributed by atoms with Crippen molar-refractivity contribution in [3.63, 3.8) is 0 Å². The predicted molar refractivity (Wildman–Crippen MR) is 64.1 cm³/mol. The Balaban J connectivity index is 3.28. The van der Waals surface area contributed by atoms with Crippen molar-refractivity contribution in [3.05, 3.63) is 33.3 Å². The zero-order chi connectivity index (χ0) is 13.2. The van der Waals surface area contributed by atoms with Gasteiger partial charge in [0, 0.05) is 10.0 Å². The molecule has 0 heterocycles. The first-order valence-electron chi connectivity index (χ1n) is 5.13. The molecule has 17 heavy (non-hydrogen) atoms. The van der Waals surface area contributed by atoms with Crippen LogP contribution in [-0.4, -0.2) is 12.6 Å². The van der Waals surface area contributed by atoms with Gasteiger partial charge in [-0.2, -0.15) is 8.78 Å². The van der Waals surface area contributed by atoms with E-state index in [2.05, 4.69) is 20.7 Å². The Labute approximate surface area is 107 Å². The lowest BCUT2D eigenvalue weighted by atomic mass is 9.97. The Hall–Kier alpha value is -0.970. The van der Waals surface area contributed by atoms with Gasteiger partial charge in [-0.05, 0) is 44.0 Å². The smallest absolute Gasteiger partial charge is 0.382 e. The minimum absolute atomic E-state index is 0.0664. The van der Waals surface area contributed by atoms with Gasteiger partial charge in [0.15, 0.2) is 0 Å². The SMILES string of the molecule is CCOC(=O)C(F)(F)c1c(C)cc(Br)cc1C. The third-order valence-corrected chi connectivity index (χ3v) is 2.80. The topological polar surface area (TPSA) is 26.3 Å². The molecule has 1 rings (SSSR count). The maximum atomic E-state index is 13.9. The zero-order valence-corrected chi connectivity index (χ0v) is 11.4. The number of rotatable bonds is 3. The second-order valence-corrected chi connectivity index (χ2v) is 4.63. The Morgan fingerprint density at radius 1 is 1.35 bits per heavy atom. The summed E-state index contributed by atoms with van der Waals surface area (Å²) in [6.45, 7) is 4.51. The summed E-state index contributed by atoms with van der Waals surface area (Å²) >= 11 is 3.22. The third kappa shape index (κ3) is 2.83. The molecule has 0 unspecified atom stereocenters. The van der Waals surface area contributed by atoms with E-state index < -0.39 is 11.9 Å². The van der Waals surface area contributed by atoms with Crippen molar-refractivity contribution < 1.29 is 18.3 Å². The van der Waals surface area contributed by atoms with Crippen LogP contribution in [-0.2, 0) is 15.5 Å². The molecule has 0 saturated heterocycles. The maximum absolute atomic E-state index is 13.9. The number of carbonyl (C=O) groups is 1. The van der Waals surface area contributed by atoms with Crippen LogP contribution in [0.5, 0.6) is 0 Å². The lowest BCUT2D eigenvalue weighted by Crippen LogP contribution is -2.30. The van der Waals surface area contributed by atoms with Crippen LogP contribution in [0.25, 0.3) is 0 Å². The predicted octanol–water partition coefficient (Wildman–Crippen LogP) is 3.72. The number of benzene rings is 1. The van der Waals surface area contributed by atoms with Gasteiger partial charge in [-0.15, -0.1) is 0 Å². The fraction of sp³-hybridized carbons (Fsp3) is 0.417. The monoisotopic (exact) mass is 306 g/mol. The van der Waals surface area contributed by atoms with Crippen molar-refractivity contribution in [2.45, 2.75) is 26.7 Å². The van der Waals surface area contributed by atoms with Gasteiger partial charge in [0.25, 0.3) is 0 Å². The van der Waals surface area contributed by atoms with Crippen molar-refractivity contribution in [2.24, 2.45) is 0 Å². The molecule has 5 heteroatoms. The van der Waals surface area contributed by atoms with E-state index in [4.69, 9.17) is 0 Å². The largest absolute Gasteiger partial charge is 0.461 e. The molecule has 0 spiro atoms. The summed E-state index contributed by atoms with van der Waals surface area (Å²) in [6, 6.07) is 3.10. The Morgan fingerprint density at radius 2 is 1.82 bits per heavy atom. The van der Waals surface area contributed by atoms with Gasteiger partial charge in [-0.25, -0.2) is 4.79 Å². The normalized spacial score (nSPS) is 11.4. The summed E-state index contributed by atoms with van der Waals surface area (Å²) in [6.07, 6.45) is 0. The van der Waals surface area contributed by atoms with E-state index in [1.807, 2.05) is 0 Å². The van der Waals surface area contributed by atoms with Gasteiger partial charge >= 0.3 is 11.9 Å². The summed E-state index contributed by atoms with van der Waals surface area (Å²) < 4.78 is 32.9. The maximum Gasteiger partial charge on any atom is 0.382 e. The molecule has 0 atom stereocenters. The third-order valence-electron chi connectivity index (χ3n) is 2.34. The van der Waals surface area contributed by atoms with Gasteiger partial charge in [0.2, 0.25) is 0 Å². The molecular weight excluding hydrogens is 294 g/mol. The summed E-state index contributed by atoms with van der Waals surface area (Å²) in [7, 11) is 0. The summed E-state index contributed by atoms with van der Waals surface area (Å²) in [5, 5.41) is 0. The Morgan fingerprint density at radius 3 is 2.24 bits per heavy atom. The molecule has 0 aliphatic carbocycles. The molecular formula is C12H13BrF2O2. The van der Waals surface area contributed by atoms with E-state index in [9.17, 15) is 13.6 Å². The van der Waals surface area contributed by atoms with E-state index in [0.29, 0.717) is 15.6 Å². The molecule has 0 amide bonds. The first kappa shape index (κ1) is 14.1. The summed E-state index contributed by atoms with van der Waals surface area (Å²) in [5.74, 6) is -5.11.